The smallest absolute Gasteiger partial charge is 0.0727 e. The van der Waals surface area contributed by atoms with Crippen LogP contribution < -0.4 is 9.80 Å². The first-order valence-electron chi connectivity index (χ1n) is 25.4. The zero-order chi connectivity index (χ0) is 48.4. The van der Waals surface area contributed by atoms with Gasteiger partial charge in [0.25, 0.3) is 0 Å². The fourth-order valence-corrected chi connectivity index (χ4v) is 14.3. The second-order valence-corrected chi connectivity index (χ2v) is 21.4. The highest BCUT2D eigenvalue weighted by Gasteiger charge is 2.52. The number of anilines is 6. The van der Waals surface area contributed by atoms with Crippen LogP contribution in [0.2, 0.25) is 0 Å². The van der Waals surface area contributed by atoms with Crippen LogP contribution in [0.5, 0.6) is 0 Å². The molecule has 2 nitrogen and oxygen atoms in total. The van der Waals surface area contributed by atoms with E-state index in [1.165, 1.54) is 104 Å². The van der Waals surface area contributed by atoms with E-state index in [0.717, 1.165) is 28.4 Å². The Kier molecular flexibility index (Phi) is 9.12. The monoisotopic (exact) mass is 948 g/mol. The minimum absolute atomic E-state index is 0.165. The highest BCUT2D eigenvalue weighted by Crippen LogP contribution is 2.64. The lowest BCUT2D eigenvalue weighted by atomic mass is 9.70. The maximum atomic E-state index is 2.54. The third-order valence-electron chi connectivity index (χ3n) is 16.3. The summed E-state index contributed by atoms with van der Waals surface area (Å²) in [5.74, 6) is 0. The summed E-state index contributed by atoms with van der Waals surface area (Å²) in [4.78, 5) is 5.02. The van der Waals surface area contributed by atoms with E-state index in [9.17, 15) is 0 Å². The maximum absolute atomic E-state index is 2.54. The third kappa shape index (κ3) is 5.97. The molecule has 12 aromatic rings. The van der Waals surface area contributed by atoms with Crippen LogP contribution in [-0.2, 0) is 10.8 Å². The molecule has 0 saturated heterocycles. The van der Waals surface area contributed by atoms with Gasteiger partial charge in [-0.05, 0) is 139 Å². The van der Waals surface area contributed by atoms with Crippen LogP contribution in [0.3, 0.4) is 0 Å². The first-order chi connectivity index (χ1) is 36.0. The Balaban J connectivity index is 0.985. The molecule has 0 bridgehead atoms. The van der Waals surface area contributed by atoms with Crippen LogP contribution in [0.4, 0.5) is 34.1 Å². The van der Waals surface area contributed by atoms with Gasteiger partial charge in [0.1, 0.15) is 0 Å². The summed E-state index contributed by atoms with van der Waals surface area (Å²) < 4.78 is 2.58. The minimum Gasteiger partial charge on any atom is -0.310 e. The molecule has 73 heavy (non-hydrogen) atoms. The van der Waals surface area contributed by atoms with Crippen molar-refractivity contribution in [1.29, 1.82) is 0 Å². The summed E-state index contributed by atoms with van der Waals surface area (Å²) in [5.41, 5.74) is 24.1. The molecule has 3 aliphatic rings. The Labute approximate surface area is 430 Å². The van der Waals surface area contributed by atoms with Gasteiger partial charge in [-0.3, -0.25) is 0 Å². The summed E-state index contributed by atoms with van der Waals surface area (Å²) in [6, 6.07) is 95.4. The summed E-state index contributed by atoms with van der Waals surface area (Å²) in [6.07, 6.45) is 0. The molecule has 0 saturated carbocycles. The van der Waals surface area contributed by atoms with Gasteiger partial charge in [-0.25, -0.2) is 0 Å². The molecule has 15 rings (SSSR count). The average molecular weight is 949 g/mol. The van der Waals surface area contributed by atoms with E-state index in [2.05, 4.69) is 278 Å². The molecule has 1 aromatic heterocycles. The molecule has 0 amide bonds. The highest BCUT2D eigenvalue weighted by molar-refractivity contribution is 7.26. The van der Waals surface area contributed by atoms with E-state index in [1.807, 2.05) is 11.3 Å². The fraction of sp³-hybridized carbons (Fsp3) is 0.0571. The zero-order valence-electron chi connectivity index (χ0n) is 40.6. The molecule has 3 heteroatoms. The fourth-order valence-electron chi connectivity index (χ4n) is 13.1. The molecule has 0 fully saturated rings. The van der Waals surface area contributed by atoms with Crippen molar-refractivity contribution in [3.63, 3.8) is 0 Å². The Bertz CT molecular complexity index is 4190. The van der Waals surface area contributed by atoms with Crippen molar-refractivity contribution in [3.05, 3.63) is 288 Å². The van der Waals surface area contributed by atoms with E-state index in [1.54, 1.807) is 0 Å². The molecule has 1 unspecified atom stereocenters. The van der Waals surface area contributed by atoms with Crippen molar-refractivity contribution in [2.75, 3.05) is 9.80 Å². The SMILES string of the molecule is CC1(C)c2ccccc2-c2ccc(N(c3ccc4c(c3)C3(c5ccccc5-4)c4ccccc4-c4ccc(N(c5ccccc5)c5cccc6c5sc5ccccc56)cc43)c3ccccc3-c3ccccc3)cc21. The molecule has 11 aromatic carbocycles. The van der Waals surface area contributed by atoms with E-state index in [4.69, 9.17) is 0 Å². The Morgan fingerprint density at radius 2 is 0.740 bits per heavy atom. The van der Waals surface area contributed by atoms with E-state index in [-0.39, 0.29) is 5.41 Å². The van der Waals surface area contributed by atoms with Gasteiger partial charge in [0.15, 0.2) is 0 Å². The second-order valence-electron chi connectivity index (χ2n) is 20.3. The summed E-state index contributed by atoms with van der Waals surface area (Å²) >= 11 is 1.88. The van der Waals surface area contributed by atoms with Gasteiger partial charge in [0, 0.05) is 49.2 Å². The van der Waals surface area contributed by atoms with Gasteiger partial charge in [0.2, 0.25) is 0 Å². The first-order valence-corrected chi connectivity index (χ1v) is 26.2. The number of hydrogen-bond donors (Lipinski definition) is 0. The standard InChI is InChI=1S/C70H48N2S/c1-69(2)59-30-14-9-25-51(59)54-39-36-47(42-62(54)69)72(65-33-17-12-24-50(65)45-20-5-3-6-21-45)49-38-41-56-53-27-11-16-32-61(53)70(64(56)44-49)60-31-15-10-26-52(60)55-40-37-48(43-63(55)70)71(46-22-7-4-8-23-46)66-34-19-29-58-57-28-13-18-35-67(57)73-68(58)66/h3-44H,1-2H3. The predicted octanol–water partition coefficient (Wildman–Crippen LogP) is 19.3. The Morgan fingerprint density at radius 1 is 0.301 bits per heavy atom. The lowest BCUT2D eigenvalue weighted by Crippen LogP contribution is -2.26. The van der Waals surface area contributed by atoms with Gasteiger partial charge < -0.3 is 9.80 Å². The Morgan fingerprint density at radius 3 is 1.38 bits per heavy atom. The molecule has 344 valence electrons. The van der Waals surface area contributed by atoms with E-state index >= 15 is 0 Å². The topological polar surface area (TPSA) is 6.48 Å². The number of nitrogens with zero attached hydrogens (tertiary/aromatic N) is 2. The summed E-state index contributed by atoms with van der Waals surface area (Å²) in [7, 11) is 0. The minimum atomic E-state index is -0.609. The molecule has 1 atom stereocenters. The first kappa shape index (κ1) is 42.0. The van der Waals surface area contributed by atoms with Crippen molar-refractivity contribution < 1.29 is 0 Å². The average Bonchev–Trinajstić information content (AvgIpc) is 4.24. The number of benzene rings is 11. The Hall–Kier alpha value is -8.76. The van der Waals surface area contributed by atoms with Gasteiger partial charge in [-0.15, -0.1) is 11.3 Å². The molecule has 3 aliphatic carbocycles. The van der Waals surface area contributed by atoms with Crippen LogP contribution >= 0.6 is 11.3 Å². The number of para-hydroxylation sites is 2. The van der Waals surface area contributed by atoms with Crippen LogP contribution in [0.15, 0.2) is 255 Å². The number of hydrogen-bond acceptors (Lipinski definition) is 3. The molecule has 0 N–H and O–H groups in total. The summed E-state index contributed by atoms with van der Waals surface area (Å²) in [5, 5.41) is 2.58. The van der Waals surface area contributed by atoms with Gasteiger partial charge in [0.05, 0.1) is 21.5 Å². The van der Waals surface area contributed by atoms with Gasteiger partial charge in [-0.1, -0.05) is 202 Å². The third-order valence-corrected chi connectivity index (χ3v) is 17.5. The van der Waals surface area contributed by atoms with E-state index < -0.39 is 5.41 Å². The lowest BCUT2D eigenvalue weighted by molar-refractivity contribution is 0.660. The number of rotatable bonds is 7. The van der Waals surface area contributed by atoms with Crippen LogP contribution in [-0.4, -0.2) is 0 Å². The maximum Gasteiger partial charge on any atom is 0.0727 e. The quantitative estimate of drug-likeness (QED) is 0.157. The van der Waals surface area contributed by atoms with Crippen molar-refractivity contribution >= 4 is 65.6 Å². The zero-order valence-corrected chi connectivity index (χ0v) is 41.4. The number of fused-ring (bicyclic) bond motifs is 16. The van der Waals surface area contributed by atoms with Crippen molar-refractivity contribution in [1.82, 2.24) is 0 Å². The summed E-state index contributed by atoms with van der Waals surface area (Å²) in [6.45, 7) is 4.76. The molecule has 0 aliphatic heterocycles. The van der Waals surface area contributed by atoms with Gasteiger partial charge >= 0.3 is 0 Å². The second kappa shape index (κ2) is 15.9. The molecule has 1 heterocycles. The van der Waals surface area contributed by atoms with Crippen LogP contribution in [0.1, 0.15) is 47.2 Å². The van der Waals surface area contributed by atoms with Gasteiger partial charge in [-0.2, -0.15) is 0 Å². The van der Waals surface area contributed by atoms with Crippen molar-refractivity contribution in [2.24, 2.45) is 0 Å². The lowest BCUT2D eigenvalue weighted by Gasteiger charge is -2.34. The predicted molar refractivity (Wildman–Crippen MR) is 308 cm³/mol. The van der Waals surface area contributed by atoms with Crippen molar-refractivity contribution in [2.45, 2.75) is 24.7 Å². The van der Waals surface area contributed by atoms with E-state index in [0.29, 0.717) is 0 Å². The largest absolute Gasteiger partial charge is 0.310 e. The molecular formula is C70H48N2S. The molecule has 0 radical (unpaired) electrons. The molecule has 1 spiro atoms. The van der Waals surface area contributed by atoms with Crippen molar-refractivity contribution in [3.8, 4) is 44.5 Å². The molecular weight excluding hydrogens is 901 g/mol. The highest BCUT2D eigenvalue weighted by atomic mass is 32.1. The normalized spacial score (nSPS) is 15.2. The van der Waals surface area contributed by atoms with Crippen LogP contribution in [0, 0.1) is 0 Å². The van der Waals surface area contributed by atoms with Crippen LogP contribution in [0.25, 0.3) is 64.7 Å². The number of thiophene rings is 1.